The van der Waals surface area contributed by atoms with E-state index in [9.17, 15) is 4.79 Å². The van der Waals surface area contributed by atoms with Gasteiger partial charge in [0.2, 0.25) is 0 Å². The molecule has 0 bridgehead atoms. The summed E-state index contributed by atoms with van der Waals surface area (Å²) in [7, 11) is 0. The lowest BCUT2D eigenvalue weighted by Crippen LogP contribution is -2.04. The molecule has 0 radical (unpaired) electrons. The maximum atomic E-state index is 11.4. The molecule has 0 aliphatic carbocycles. The highest BCUT2D eigenvalue weighted by Gasteiger charge is 2.01. The molecule has 0 N–H and O–H groups in total. The normalized spacial score (nSPS) is 11.1. The Morgan fingerprint density at radius 1 is 0.895 bits per heavy atom. The SMILES string of the molecule is CC/C=C\CCOC(=O)CCCCCCCCCC. The minimum atomic E-state index is -0.0316. The third-order valence-electron chi connectivity index (χ3n) is 3.18. The molecule has 0 atom stereocenters. The first kappa shape index (κ1) is 18.2. The lowest BCUT2D eigenvalue weighted by molar-refractivity contribution is -0.143. The van der Waals surface area contributed by atoms with Crippen LogP contribution in [0.25, 0.3) is 0 Å². The third kappa shape index (κ3) is 15.2. The van der Waals surface area contributed by atoms with Crippen LogP contribution in [-0.4, -0.2) is 12.6 Å². The monoisotopic (exact) mass is 268 g/mol. The molecule has 112 valence electrons. The lowest BCUT2D eigenvalue weighted by Gasteiger charge is -2.03. The maximum Gasteiger partial charge on any atom is 0.305 e. The molecular weight excluding hydrogens is 236 g/mol. The third-order valence-corrected chi connectivity index (χ3v) is 3.18. The first-order valence-electron chi connectivity index (χ1n) is 8.11. The number of allylic oxidation sites excluding steroid dienone is 1. The van der Waals surface area contributed by atoms with Crippen molar-refractivity contribution in [2.45, 2.75) is 84.5 Å². The predicted molar refractivity (Wildman–Crippen MR) is 82.2 cm³/mol. The molecule has 0 aliphatic heterocycles. The summed E-state index contributed by atoms with van der Waals surface area (Å²) < 4.78 is 5.16. The summed E-state index contributed by atoms with van der Waals surface area (Å²) in [6, 6.07) is 0. The van der Waals surface area contributed by atoms with Crippen LogP contribution in [0.2, 0.25) is 0 Å². The van der Waals surface area contributed by atoms with E-state index in [0.717, 1.165) is 25.7 Å². The van der Waals surface area contributed by atoms with E-state index < -0.39 is 0 Å². The molecule has 0 spiro atoms. The smallest absolute Gasteiger partial charge is 0.305 e. The number of carbonyl (C=O) groups excluding carboxylic acids is 1. The van der Waals surface area contributed by atoms with Crippen molar-refractivity contribution in [3.63, 3.8) is 0 Å². The van der Waals surface area contributed by atoms with Gasteiger partial charge in [-0.25, -0.2) is 0 Å². The van der Waals surface area contributed by atoms with Crippen molar-refractivity contribution in [3.05, 3.63) is 12.2 Å². The summed E-state index contributed by atoms with van der Waals surface area (Å²) in [4.78, 5) is 11.4. The van der Waals surface area contributed by atoms with Gasteiger partial charge in [-0.3, -0.25) is 4.79 Å². The molecule has 0 aliphatic rings. The van der Waals surface area contributed by atoms with Crippen LogP contribution in [0.15, 0.2) is 12.2 Å². The average molecular weight is 268 g/mol. The molecule has 19 heavy (non-hydrogen) atoms. The van der Waals surface area contributed by atoms with E-state index in [4.69, 9.17) is 4.74 Å². The molecule has 2 heteroatoms. The molecule has 0 aromatic carbocycles. The molecular formula is C17H32O2. The minimum absolute atomic E-state index is 0.0316. The van der Waals surface area contributed by atoms with Crippen molar-refractivity contribution in [1.29, 1.82) is 0 Å². The van der Waals surface area contributed by atoms with Crippen LogP contribution in [-0.2, 0) is 9.53 Å². The quantitative estimate of drug-likeness (QED) is 0.253. The first-order chi connectivity index (χ1) is 9.31. The summed E-state index contributed by atoms with van der Waals surface area (Å²) in [6.45, 7) is 4.88. The molecule has 0 fully saturated rings. The van der Waals surface area contributed by atoms with Crippen LogP contribution < -0.4 is 0 Å². The zero-order valence-corrected chi connectivity index (χ0v) is 13.0. The van der Waals surface area contributed by atoms with Gasteiger partial charge in [0.05, 0.1) is 6.61 Å². The molecule has 0 unspecified atom stereocenters. The second-order valence-corrected chi connectivity index (χ2v) is 5.11. The van der Waals surface area contributed by atoms with Gasteiger partial charge >= 0.3 is 5.97 Å². The number of rotatable bonds is 13. The molecule has 0 aromatic rings. The van der Waals surface area contributed by atoms with E-state index in [1.165, 1.54) is 38.5 Å². The Morgan fingerprint density at radius 2 is 1.53 bits per heavy atom. The Hall–Kier alpha value is -0.790. The number of hydrogen-bond acceptors (Lipinski definition) is 2. The summed E-state index contributed by atoms with van der Waals surface area (Å²) in [5, 5.41) is 0. The van der Waals surface area contributed by atoms with E-state index in [1.807, 2.05) is 0 Å². The van der Waals surface area contributed by atoms with Crippen LogP contribution >= 0.6 is 0 Å². The van der Waals surface area contributed by atoms with Gasteiger partial charge in [-0.1, -0.05) is 70.9 Å². The van der Waals surface area contributed by atoms with Gasteiger partial charge in [0.25, 0.3) is 0 Å². The average Bonchev–Trinajstić information content (AvgIpc) is 2.41. The highest BCUT2D eigenvalue weighted by atomic mass is 16.5. The highest BCUT2D eigenvalue weighted by molar-refractivity contribution is 5.69. The molecule has 0 saturated carbocycles. The van der Waals surface area contributed by atoms with Gasteiger partial charge in [0.15, 0.2) is 0 Å². The van der Waals surface area contributed by atoms with E-state index in [0.29, 0.717) is 13.0 Å². The molecule has 0 saturated heterocycles. The van der Waals surface area contributed by atoms with E-state index in [-0.39, 0.29) is 5.97 Å². The number of carbonyl (C=O) groups is 1. The molecule has 2 nitrogen and oxygen atoms in total. The van der Waals surface area contributed by atoms with Crippen LogP contribution in [0.4, 0.5) is 0 Å². The van der Waals surface area contributed by atoms with Gasteiger partial charge in [0, 0.05) is 6.42 Å². The standard InChI is InChI=1S/C17H32O2/c1-3-5-7-9-10-11-12-13-15-17(18)19-16-14-8-6-4-2/h6,8H,3-5,7,9-16H2,1-2H3/b8-6-. The number of unbranched alkanes of at least 4 members (excludes halogenated alkanes) is 7. The van der Waals surface area contributed by atoms with Crippen LogP contribution in [0.1, 0.15) is 84.5 Å². The molecule has 0 rings (SSSR count). The van der Waals surface area contributed by atoms with Gasteiger partial charge < -0.3 is 4.74 Å². The summed E-state index contributed by atoms with van der Waals surface area (Å²) >= 11 is 0. The maximum absolute atomic E-state index is 11.4. The molecule has 0 heterocycles. The van der Waals surface area contributed by atoms with Gasteiger partial charge in [-0.05, 0) is 19.3 Å². The number of ether oxygens (including phenoxy) is 1. The fourth-order valence-electron chi connectivity index (χ4n) is 2.00. The topological polar surface area (TPSA) is 26.3 Å². The second kappa shape index (κ2) is 15.3. The Kier molecular flexibility index (Phi) is 14.6. The van der Waals surface area contributed by atoms with Crippen molar-refractivity contribution in [2.75, 3.05) is 6.61 Å². The highest BCUT2D eigenvalue weighted by Crippen LogP contribution is 2.09. The summed E-state index contributed by atoms with van der Waals surface area (Å²) in [5.41, 5.74) is 0. The van der Waals surface area contributed by atoms with Crippen LogP contribution in [0.5, 0.6) is 0 Å². The Balaban J connectivity index is 3.18. The zero-order chi connectivity index (χ0) is 14.2. The Labute approximate surface area is 119 Å². The lowest BCUT2D eigenvalue weighted by atomic mass is 10.1. The fraction of sp³-hybridized carbons (Fsp3) is 0.824. The fourth-order valence-corrected chi connectivity index (χ4v) is 2.00. The largest absolute Gasteiger partial charge is 0.465 e. The van der Waals surface area contributed by atoms with Crippen molar-refractivity contribution in [2.24, 2.45) is 0 Å². The van der Waals surface area contributed by atoms with Crippen molar-refractivity contribution in [3.8, 4) is 0 Å². The van der Waals surface area contributed by atoms with E-state index in [1.54, 1.807) is 0 Å². The summed E-state index contributed by atoms with van der Waals surface area (Å²) in [5.74, 6) is -0.0316. The van der Waals surface area contributed by atoms with Gasteiger partial charge in [-0.2, -0.15) is 0 Å². The van der Waals surface area contributed by atoms with E-state index >= 15 is 0 Å². The Morgan fingerprint density at radius 3 is 2.16 bits per heavy atom. The Bertz CT molecular complexity index is 221. The van der Waals surface area contributed by atoms with Crippen LogP contribution in [0.3, 0.4) is 0 Å². The number of hydrogen-bond donors (Lipinski definition) is 0. The van der Waals surface area contributed by atoms with Crippen molar-refractivity contribution in [1.82, 2.24) is 0 Å². The zero-order valence-electron chi connectivity index (χ0n) is 13.0. The number of esters is 1. The summed E-state index contributed by atoms with van der Waals surface area (Å²) in [6.07, 6.45) is 16.8. The van der Waals surface area contributed by atoms with E-state index in [2.05, 4.69) is 26.0 Å². The first-order valence-corrected chi connectivity index (χ1v) is 8.11. The second-order valence-electron chi connectivity index (χ2n) is 5.11. The van der Waals surface area contributed by atoms with Crippen molar-refractivity contribution >= 4 is 5.97 Å². The van der Waals surface area contributed by atoms with Crippen molar-refractivity contribution < 1.29 is 9.53 Å². The van der Waals surface area contributed by atoms with Crippen LogP contribution in [0, 0.1) is 0 Å². The predicted octanol–water partition coefficient (Wildman–Crippen LogP) is 5.42. The minimum Gasteiger partial charge on any atom is -0.465 e. The van der Waals surface area contributed by atoms with Gasteiger partial charge in [-0.15, -0.1) is 0 Å². The van der Waals surface area contributed by atoms with Gasteiger partial charge in [0.1, 0.15) is 0 Å². The molecule has 0 amide bonds. The molecule has 0 aromatic heterocycles.